The summed E-state index contributed by atoms with van der Waals surface area (Å²) in [5.41, 5.74) is 0.0117. The molecule has 0 bridgehead atoms. The highest BCUT2D eigenvalue weighted by Crippen LogP contribution is 2.21. The van der Waals surface area contributed by atoms with Gasteiger partial charge in [0.1, 0.15) is 10.8 Å². The van der Waals surface area contributed by atoms with Gasteiger partial charge in [-0.2, -0.15) is 4.37 Å². The molecular weight excluding hydrogens is 232 g/mol. The van der Waals surface area contributed by atoms with Crippen molar-refractivity contribution in [3.8, 4) is 0 Å². The van der Waals surface area contributed by atoms with Gasteiger partial charge >= 0.3 is 0 Å². The molecule has 86 valence electrons. The van der Waals surface area contributed by atoms with E-state index in [0.29, 0.717) is 6.61 Å². The molecule has 1 aromatic rings. The van der Waals surface area contributed by atoms with Crippen molar-refractivity contribution in [1.82, 2.24) is 9.36 Å². The Morgan fingerprint density at radius 3 is 2.60 bits per heavy atom. The number of hydrogen-bond acceptors (Lipinski definition) is 4. The number of hydrogen-bond donors (Lipinski definition) is 0. The average Bonchev–Trinajstić information content (AvgIpc) is 2.52. The Labute approximate surface area is 100.0 Å². The Hall–Kier alpha value is -0.190. The van der Waals surface area contributed by atoms with Crippen molar-refractivity contribution < 1.29 is 4.74 Å². The minimum Gasteiger partial charge on any atom is -0.383 e. The number of methoxy groups -OCH3 is 1. The van der Waals surface area contributed by atoms with Crippen molar-refractivity contribution in [3.05, 3.63) is 10.8 Å². The lowest BCUT2D eigenvalue weighted by Crippen LogP contribution is -2.14. The topological polar surface area (TPSA) is 35.0 Å². The van der Waals surface area contributed by atoms with Gasteiger partial charge < -0.3 is 4.74 Å². The number of nitrogens with zero attached hydrogens (tertiary/aromatic N) is 2. The van der Waals surface area contributed by atoms with E-state index in [2.05, 4.69) is 30.1 Å². The van der Waals surface area contributed by atoms with Crippen molar-refractivity contribution in [1.29, 1.82) is 0 Å². The van der Waals surface area contributed by atoms with Gasteiger partial charge in [-0.25, -0.2) is 4.98 Å². The highest BCUT2D eigenvalue weighted by atomic mass is 35.5. The molecule has 0 spiro atoms. The fourth-order valence-corrected chi connectivity index (χ4v) is 2.34. The van der Waals surface area contributed by atoms with E-state index in [1.54, 1.807) is 7.11 Å². The van der Waals surface area contributed by atoms with Crippen LogP contribution in [-0.2, 0) is 16.6 Å². The second kappa shape index (κ2) is 5.23. The van der Waals surface area contributed by atoms with E-state index in [4.69, 9.17) is 16.3 Å². The van der Waals surface area contributed by atoms with E-state index in [1.807, 2.05) is 0 Å². The normalized spacial score (nSPS) is 14.2. The van der Waals surface area contributed by atoms with Crippen LogP contribution in [0, 0.1) is 0 Å². The molecule has 1 unspecified atom stereocenters. The SMILES string of the molecule is COCC(Cl)Cc1nc(C(C)(C)C)ns1. The van der Waals surface area contributed by atoms with E-state index >= 15 is 0 Å². The van der Waals surface area contributed by atoms with Gasteiger partial charge in [0.15, 0.2) is 0 Å². The molecule has 1 rings (SSSR count). The summed E-state index contributed by atoms with van der Waals surface area (Å²) in [5, 5.41) is 0.966. The standard InChI is InChI=1S/C10H17ClN2OS/c1-10(2,3)9-12-8(15-13-9)5-7(11)6-14-4/h7H,5-6H2,1-4H3. The highest BCUT2D eigenvalue weighted by molar-refractivity contribution is 7.05. The minimum absolute atomic E-state index is 0.0117. The van der Waals surface area contributed by atoms with Crippen LogP contribution in [0.1, 0.15) is 31.6 Å². The van der Waals surface area contributed by atoms with Gasteiger partial charge in [0.2, 0.25) is 0 Å². The third kappa shape index (κ3) is 4.05. The molecule has 0 amide bonds. The maximum absolute atomic E-state index is 6.05. The number of ether oxygens (including phenoxy) is 1. The van der Waals surface area contributed by atoms with Gasteiger partial charge in [0.25, 0.3) is 0 Å². The Kier molecular flexibility index (Phi) is 4.49. The number of alkyl halides is 1. The van der Waals surface area contributed by atoms with Crippen molar-refractivity contribution in [2.24, 2.45) is 0 Å². The largest absolute Gasteiger partial charge is 0.383 e. The number of rotatable bonds is 4. The van der Waals surface area contributed by atoms with Crippen LogP contribution >= 0.6 is 23.1 Å². The van der Waals surface area contributed by atoms with Crippen LogP contribution in [0.15, 0.2) is 0 Å². The van der Waals surface area contributed by atoms with Gasteiger partial charge in [0, 0.05) is 18.9 Å². The quantitative estimate of drug-likeness (QED) is 0.769. The van der Waals surface area contributed by atoms with Crippen LogP contribution < -0.4 is 0 Å². The van der Waals surface area contributed by atoms with Crippen molar-refractivity contribution in [3.63, 3.8) is 0 Å². The summed E-state index contributed by atoms with van der Waals surface area (Å²) in [6.07, 6.45) is 0.725. The van der Waals surface area contributed by atoms with Crippen LogP contribution in [0.25, 0.3) is 0 Å². The summed E-state index contributed by atoms with van der Waals surface area (Å²) in [6, 6.07) is 0. The first-order chi connectivity index (χ1) is 6.93. The summed E-state index contributed by atoms with van der Waals surface area (Å²) in [6.45, 7) is 6.86. The lowest BCUT2D eigenvalue weighted by Gasteiger charge is -2.12. The molecule has 0 saturated carbocycles. The van der Waals surface area contributed by atoms with Crippen LogP contribution in [0.3, 0.4) is 0 Å². The maximum Gasteiger partial charge on any atom is 0.147 e. The lowest BCUT2D eigenvalue weighted by molar-refractivity contribution is 0.197. The molecule has 0 fully saturated rings. The van der Waals surface area contributed by atoms with Crippen molar-refractivity contribution in [2.75, 3.05) is 13.7 Å². The summed E-state index contributed by atoms with van der Waals surface area (Å²) in [5.74, 6) is 0.892. The van der Waals surface area contributed by atoms with Crippen molar-refractivity contribution >= 4 is 23.1 Å². The second-order valence-electron chi connectivity index (χ2n) is 4.52. The zero-order valence-electron chi connectivity index (χ0n) is 9.58. The van der Waals surface area contributed by atoms with Crippen LogP contribution in [-0.4, -0.2) is 28.5 Å². The summed E-state index contributed by atoms with van der Waals surface area (Å²) in [7, 11) is 1.65. The summed E-state index contributed by atoms with van der Waals surface area (Å²) >= 11 is 7.48. The zero-order valence-corrected chi connectivity index (χ0v) is 11.2. The van der Waals surface area contributed by atoms with E-state index < -0.39 is 0 Å². The fraction of sp³-hybridized carbons (Fsp3) is 0.800. The Morgan fingerprint density at radius 2 is 2.13 bits per heavy atom. The molecule has 0 aliphatic rings. The van der Waals surface area contributed by atoms with Crippen LogP contribution in [0.2, 0.25) is 0 Å². The zero-order chi connectivity index (χ0) is 11.5. The van der Waals surface area contributed by atoms with Gasteiger partial charge in [-0.3, -0.25) is 0 Å². The smallest absolute Gasteiger partial charge is 0.147 e. The average molecular weight is 249 g/mol. The molecule has 0 aromatic carbocycles. The van der Waals surface area contributed by atoms with Crippen LogP contribution in [0.4, 0.5) is 0 Å². The third-order valence-corrected chi connectivity index (χ3v) is 2.90. The lowest BCUT2D eigenvalue weighted by atomic mass is 9.96. The predicted molar refractivity (Wildman–Crippen MR) is 63.8 cm³/mol. The number of halogens is 1. The van der Waals surface area contributed by atoms with Gasteiger partial charge in [-0.05, 0) is 11.5 Å². The molecule has 15 heavy (non-hydrogen) atoms. The van der Waals surface area contributed by atoms with E-state index in [9.17, 15) is 0 Å². The molecule has 0 N–H and O–H groups in total. The molecule has 0 saturated heterocycles. The molecule has 0 radical (unpaired) electrons. The first-order valence-corrected chi connectivity index (χ1v) is 6.10. The minimum atomic E-state index is -0.0178. The van der Waals surface area contributed by atoms with Crippen LogP contribution in [0.5, 0.6) is 0 Å². The molecule has 1 atom stereocenters. The Morgan fingerprint density at radius 1 is 1.47 bits per heavy atom. The molecule has 5 heteroatoms. The second-order valence-corrected chi connectivity index (χ2v) is 5.97. The van der Waals surface area contributed by atoms with Gasteiger partial charge in [-0.1, -0.05) is 20.8 Å². The third-order valence-electron chi connectivity index (χ3n) is 1.88. The van der Waals surface area contributed by atoms with Gasteiger partial charge in [0.05, 0.1) is 12.0 Å². The Balaban J connectivity index is 2.61. The van der Waals surface area contributed by atoms with E-state index in [-0.39, 0.29) is 10.8 Å². The first-order valence-electron chi connectivity index (χ1n) is 4.89. The molecule has 1 heterocycles. The van der Waals surface area contributed by atoms with Gasteiger partial charge in [-0.15, -0.1) is 11.6 Å². The molecule has 0 aliphatic carbocycles. The predicted octanol–water partition coefficient (Wildman–Crippen LogP) is 2.63. The summed E-state index contributed by atoms with van der Waals surface area (Å²) < 4.78 is 9.31. The van der Waals surface area contributed by atoms with Crippen molar-refractivity contribution in [2.45, 2.75) is 38.0 Å². The molecule has 3 nitrogen and oxygen atoms in total. The monoisotopic (exact) mass is 248 g/mol. The fourth-order valence-electron chi connectivity index (χ4n) is 1.07. The first kappa shape index (κ1) is 12.9. The van der Waals surface area contributed by atoms with E-state index in [1.165, 1.54) is 11.5 Å². The number of aromatic nitrogens is 2. The highest BCUT2D eigenvalue weighted by Gasteiger charge is 2.20. The molecular formula is C10H17ClN2OS. The molecule has 1 aromatic heterocycles. The summed E-state index contributed by atoms with van der Waals surface area (Å²) in [4.78, 5) is 4.47. The maximum atomic E-state index is 6.05. The Bertz CT molecular complexity index is 309. The molecule has 0 aliphatic heterocycles. The van der Waals surface area contributed by atoms with E-state index in [0.717, 1.165) is 17.3 Å².